The summed E-state index contributed by atoms with van der Waals surface area (Å²) in [4.78, 5) is 26.8. The summed E-state index contributed by atoms with van der Waals surface area (Å²) >= 11 is 11.9. The molecule has 0 saturated carbocycles. The third-order valence-electron chi connectivity index (χ3n) is 4.43. The second-order valence-corrected chi connectivity index (χ2v) is 11.1. The minimum atomic E-state index is -4.03. The summed E-state index contributed by atoms with van der Waals surface area (Å²) in [6, 6.07) is 8.48. The lowest BCUT2D eigenvalue weighted by molar-refractivity contribution is 0.0544. The van der Waals surface area contributed by atoms with Crippen molar-refractivity contribution < 1.29 is 22.7 Å². The van der Waals surface area contributed by atoms with Gasteiger partial charge in [-0.1, -0.05) is 23.2 Å². The Morgan fingerprint density at radius 2 is 1.64 bits per heavy atom. The smallest absolute Gasteiger partial charge is 0.419 e. The maximum Gasteiger partial charge on any atom is 0.419 e. The van der Waals surface area contributed by atoms with Gasteiger partial charge in [0.05, 0.1) is 21.7 Å². The minimum absolute atomic E-state index is 0.119. The number of aromatic nitrogens is 1. The fourth-order valence-electron chi connectivity index (χ4n) is 3.06. The van der Waals surface area contributed by atoms with Crippen LogP contribution in [0.3, 0.4) is 0 Å². The van der Waals surface area contributed by atoms with Gasteiger partial charge in [0.15, 0.2) is 0 Å². The molecule has 1 aromatic heterocycles. The van der Waals surface area contributed by atoms with E-state index in [9.17, 15) is 18.0 Å². The van der Waals surface area contributed by atoms with Gasteiger partial charge in [-0.05, 0) is 57.2 Å². The molecular weight excluding hydrogens is 489 g/mol. The van der Waals surface area contributed by atoms with E-state index in [4.69, 9.17) is 27.9 Å². The van der Waals surface area contributed by atoms with Crippen molar-refractivity contribution in [1.29, 1.82) is 0 Å². The Kier molecular flexibility index (Phi) is 6.70. The molecule has 0 unspecified atom stereocenters. The Morgan fingerprint density at radius 1 is 1.03 bits per heavy atom. The molecule has 0 atom stereocenters. The largest absolute Gasteiger partial charge is 0.443 e. The Bertz CT molecular complexity index is 1340. The van der Waals surface area contributed by atoms with Gasteiger partial charge in [-0.3, -0.25) is 14.1 Å². The molecular formula is C22H23Cl2N3O5S. The summed E-state index contributed by atoms with van der Waals surface area (Å²) in [6.45, 7) is 5.16. The third kappa shape index (κ3) is 5.61. The first-order valence-corrected chi connectivity index (χ1v) is 12.0. The Hall–Kier alpha value is -2.75. The third-order valence-corrected chi connectivity index (χ3v) is 6.23. The monoisotopic (exact) mass is 511 g/mol. The molecule has 33 heavy (non-hydrogen) atoms. The van der Waals surface area contributed by atoms with Crippen LogP contribution in [0.2, 0.25) is 10.0 Å². The highest BCUT2D eigenvalue weighted by Crippen LogP contribution is 2.29. The summed E-state index contributed by atoms with van der Waals surface area (Å²) in [6.07, 6.45) is 0.683. The van der Waals surface area contributed by atoms with E-state index in [0.717, 1.165) is 0 Å². The van der Waals surface area contributed by atoms with Crippen molar-refractivity contribution in [3.05, 3.63) is 58.2 Å². The number of halogens is 2. The predicted octanol–water partition coefficient (Wildman–Crippen LogP) is 5.23. The van der Waals surface area contributed by atoms with E-state index < -0.39 is 21.7 Å². The van der Waals surface area contributed by atoms with Crippen LogP contribution < -0.4 is 4.72 Å². The number of nitrogens with one attached hydrogen (secondary N) is 1. The Balaban J connectivity index is 2.11. The van der Waals surface area contributed by atoms with Crippen molar-refractivity contribution in [2.75, 3.05) is 18.8 Å². The highest BCUT2D eigenvalue weighted by atomic mass is 35.5. The predicted molar refractivity (Wildman–Crippen MR) is 129 cm³/mol. The molecule has 3 rings (SSSR count). The minimum Gasteiger partial charge on any atom is -0.443 e. The molecule has 0 aliphatic carbocycles. The van der Waals surface area contributed by atoms with Gasteiger partial charge < -0.3 is 9.64 Å². The highest BCUT2D eigenvalue weighted by Gasteiger charge is 2.24. The highest BCUT2D eigenvalue weighted by molar-refractivity contribution is 7.92. The van der Waals surface area contributed by atoms with Crippen molar-refractivity contribution in [3.8, 4) is 0 Å². The van der Waals surface area contributed by atoms with Gasteiger partial charge in [0.1, 0.15) is 5.60 Å². The second-order valence-electron chi connectivity index (χ2n) is 8.54. The number of ether oxygens (including phenoxy) is 1. The lowest BCUT2D eigenvalue weighted by atomic mass is 10.1. The van der Waals surface area contributed by atoms with Gasteiger partial charge in [-0.25, -0.2) is 13.2 Å². The summed E-state index contributed by atoms with van der Waals surface area (Å²) in [5.74, 6) is -0.316. The fourth-order valence-corrected chi connectivity index (χ4v) is 4.84. The van der Waals surface area contributed by atoms with Crippen molar-refractivity contribution in [2.24, 2.45) is 0 Å². The number of carbonyl (C=O) groups excluding carboxylic acids is 2. The van der Waals surface area contributed by atoms with Crippen LogP contribution in [0.15, 0.2) is 47.5 Å². The molecule has 1 heterocycles. The summed E-state index contributed by atoms with van der Waals surface area (Å²) in [5, 5.41) is 0.807. The molecule has 0 saturated heterocycles. The van der Waals surface area contributed by atoms with Crippen molar-refractivity contribution in [3.63, 3.8) is 0 Å². The van der Waals surface area contributed by atoms with Crippen LogP contribution >= 0.6 is 23.2 Å². The number of hydrogen-bond donors (Lipinski definition) is 1. The van der Waals surface area contributed by atoms with E-state index in [0.29, 0.717) is 10.9 Å². The topological polar surface area (TPSA) is 97.7 Å². The standard InChI is InChI=1S/C22H23Cl2N3O5S/c1-22(2,3)32-21(29)27-12-18(20(28)26(4)5)17-7-6-15(11-19(17)27)25-33(30,31)16-9-13(23)8-14(24)10-16/h6-12,25H,1-5H3. The maximum atomic E-state index is 12.9. The van der Waals surface area contributed by atoms with Crippen LogP contribution in [-0.4, -0.2) is 49.6 Å². The molecule has 2 aromatic carbocycles. The fraction of sp³-hybridized carbons (Fsp3) is 0.273. The molecule has 8 nitrogen and oxygen atoms in total. The van der Waals surface area contributed by atoms with Gasteiger partial charge in [0.2, 0.25) is 0 Å². The maximum absolute atomic E-state index is 12.9. The quantitative estimate of drug-likeness (QED) is 0.516. The molecule has 176 valence electrons. The van der Waals surface area contributed by atoms with Crippen molar-refractivity contribution in [2.45, 2.75) is 31.3 Å². The van der Waals surface area contributed by atoms with Crippen LogP contribution in [0.5, 0.6) is 0 Å². The summed E-state index contributed by atoms with van der Waals surface area (Å²) in [7, 11) is -0.842. The normalized spacial score (nSPS) is 12.0. The molecule has 3 aromatic rings. The van der Waals surface area contributed by atoms with E-state index in [1.807, 2.05) is 0 Å². The van der Waals surface area contributed by atoms with Crippen LogP contribution in [0.1, 0.15) is 31.1 Å². The second kappa shape index (κ2) is 8.89. The van der Waals surface area contributed by atoms with Gasteiger partial charge in [0, 0.05) is 35.7 Å². The average Bonchev–Trinajstić information content (AvgIpc) is 3.03. The van der Waals surface area contributed by atoms with E-state index in [1.165, 1.54) is 46.0 Å². The van der Waals surface area contributed by atoms with Crippen molar-refractivity contribution >= 4 is 61.8 Å². The van der Waals surface area contributed by atoms with E-state index >= 15 is 0 Å². The van der Waals surface area contributed by atoms with Gasteiger partial charge in [-0.2, -0.15) is 0 Å². The lowest BCUT2D eigenvalue weighted by Crippen LogP contribution is -2.27. The SMILES string of the molecule is CN(C)C(=O)c1cn(C(=O)OC(C)(C)C)c2cc(NS(=O)(=O)c3cc(Cl)cc(Cl)c3)ccc12. The Morgan fingerprint density at radius 3 is 2.18 bits per heavy atom. The van der Waals surface area contributed by atoms with E-state index in [-0.39, 0.29) is 32.1 Å². The van der Waals surface area contributed by atoms with Gasteiger partial charge >= 0.3 is 6.09 Å². The number of nitrogens with zero attached hydrogens (tertiary/aromatic N) is 2. The van der Waals surface area contributed by atoms with Crippen LogP contribution in [0.25, 0.3) is 10.9 Å². The number of sulfonamides is 1. The van der Waals surface area contributed by atoms with Gasteiger partial charge in [-0.15, -0.1) is 0 Å². The molecule has 0 fully saturated rings. The number of benzene rings is 2. The summed E-state index contributed by atoms with van der Waals surface area (Å²) in [5.41, 5.74) is -0.0224. The molecule has 11 heteroatoms. The number of fused-ring (bicyclic) bond motifs is 1. The first-order valence-electron chi connectivity index (χ1n) is 9.77. The number of rotatable bonds is 4. The molecule has 0 aliphatic rings. The van der Waals surface area contributed by atoms with E-state index in [1.54, 1.807) is 40.9 Å². The number of hydrogen-bond acceptors (Lipinski definition) is 5. The number of carbonyl (C=O) groups is 2. The molecule has 0 bridgehead atoms. The van der Waals surface area contributed by atoms with Crippen LogP contribution in [0, 0.1) is 0 Å². The lowest BCUT2D eigenvalue weighted by Gasteiger charge is -2.19. The zero-order valence-electron chi connectivity index (χ0n) is 18.6. The molecule has 0 spiro atoms. The van der Waals surface area contributed by atoms with E-state index in [2.05, 4.69) is 4.72 Å². The molecule has 1 amide bonds. The number of anilines is 1. The first-order chi connectivity index (χ1) is 15.2. The van der Waals surface area contributed by atoms with Crippen LogP contribution in [-0.2, 0) is 14.8 Å². The zero-order valence-corrected chi connectivity index (χ0v) is 21.0. The molecule has 0 radical (unpaired) electrons. The molecule has 1 N–H and O–H groups in total. The van der Waals surface area contributed by atoms with Crippen LogP contribution in [0.4, 0.5) is 10.5 Å². The average molecular weight is 512 g/mol. The first kappa shape index (κ1) is 24.9. The zero-order chi connectivity index (χ0) is 24.7. The van der Waals surface area contributed by atoms with Crippen molar-refractivity contribution in [1.82, 2.24) is 9.47 Å². The number of amides is 1. The molecule has 0 aliphatic heterocycles. The van der Waals surface area contributed by atoms with Gasteiger partial charge in [0.25, 0.3) is 15.9 Å². The Labute approximate surface area is 202 Å². The summed E-state index contributed by atoms with van der Waals surface area (Å²) < 4.78 is 34.8.